The Labute approximate surface area is 463 Å². The van der Waals surface area contributed by atoms with E-state index in [4.69, 9.17) is 4.74 Å². The number of ether oxygens (including phenoxy) is 1. The van der Waals surface area contributed by atoms with Crippen LogP contribution in [-0.4, -0.2) is 47.4 Å². The molecule has 0 fully saturated rings. The Kier molecular flexibility index (Phi) is 62.9. The topological polar surface area (TPSA) is 95.9 Å². The third kappa shape index (κ3) is 59.8. The minimum absolute atomic E-state index is 0.0156. The van der Waals surface area contributed by atoms with Crippen LogP contribution in [0.4, 0.5) is 0 Å². The molecule has 0 spiro atoms. The molecule has 3 N–H and O–H groups in total. The highest BCUT2D eigenvalue weighted by Crippen LogP contribution is 2.19. The molecule has 0 saturated heterocycles. The number of nitrogens with one attached hydrogen (secondary N) is 1. The van der Waals surface area contributed by atoms with E-state index in [-0.39, 0.29) is 18.5 Å². The van der Waals surface area contributed by atoms with Crippen molar-refractivity contribution in [2.75, 3.05) is 13.2 Å². The largest absolute Gasteiger partial charge is 0.466 e. The van der Waals surface area contributed by atoms with Crippen molar-refractivity contribution in [3.63, 3.8) is 0 Å². The second-order valence-electron chi connectivity index (χ2n) is 23.5. The highest BCUT2D eigenvalue weighted by Gasteiger charge is 2.20. The maximum atomic E-state index is 12.5. The molecular weight excluding hydrogens is 911 g/mol. The first-order valence-electron chi connectivity index (χ1n) is 33.9. The fourth-order valence-corrected chi connectivity index (χ4v) is 10.9. The molecule has 2 unspecified atom stereocenters. The number of allylic oxidation sites excluding steroid dienone is 2. The van der Waals surface area contributed by atoms with Gasteiger partial charge in [-0.15, -0.1) is 0 Å². The number of unbranched alkanes of at least 4 members (excludes halogenated alkanes) is 51. The summed E-state index contributed by atoms with van der Waals surface area (Å²) in [6.45, 7) is 4.98. The molecular formula is C68H133NO5. The normalized spacial score (nSPS) is 12.5. The summed E-state index contributed by atoms with van der Waals surface area (Å²) in [6, 6.07) is -0.538. The summed E-state index contributed by atoms with van der Waals surface area (Å²) in [6.07, 6.45) is 78.2. The van der Waals surface area contributed by atoms with Crippen molar-refractivity contribution in [1.82, 2.24) is 5.32 Å². The van der Waals surface area contributed by atoms with Crippen LogP contribution in [0.3, 0.4) is 0 Å². The molecule has 0 aromatic heterocycles. The van der Waals surface area contributed by atoms with E-state index >= 15 is 0 Å². The quantitative estimate of drug-likeness (QED) is 0.0320. The highest BCUT2D eigenvalue weighted by molar-refractivity contribution is 5.76. The van der Waals surface area contributed by atoms with Crippen molar-refractivity contribution in [3.8, 4) is 0 Å². The Morgan fingerprint density at radius 2 is 0.635 bits per heavy atom. The molecule has 0 aliphatic carbocycles. The molecule has 0 aromatic carbocycles. The van der Waals surface area contributed by atoms with E-state index < -0.39 is 12.1 Å². The van der Waals surface area contributed by atoms with Crippen LogP contribution in [0.5, 0.6) is 0 Å². The molecule has 1 amide bonds. The minimum atomic E-state index is -0.661. The van der Waals surface area contributed by atoms with Crippen molar-refractivity contribution < 1.29 is 24.5 Å². The lowest BCUT2D eigenvalue weighted by Crippen LogP contribution is -2.45. The number of hydrogen-bond donors (Lipinski definition) is 3. The molecule has 0 aliphatic heterocycles. The second kappa shape index (κ2) is 64.1. The lowest BCUT2D eigenvalue weighted by atomic mass is 10.0. The van der Waals surface area contributed by atoms with E-state index in [1.165, 1.54) is 308 Å². The average molecular weight is 1040 g/mol. The lowest BCUT2D eigenvalue weighted by molar-refractivity contribution is -0.143. The van der Waals surface area contributed by atoms with Crippen LogP contribution in [0.1, 0.15) is 386 Å². The van der Waals surface area contributed by atoms with E-state index in [2.05, 4.69) is 31.3 Å². The van der Waals surface area contributed by atoms with Gasteiger partial charge < -0.3 is 20.3 Å². The molecule has 0 aliphatic rings. The summed E-state index contributed by atoms with van der Waals surface area (Å²) < 4.78 is 5.50. The maximum Gasteiger partial charge on any atom is 0.305 e. The number of hydrogen-bond acceptors (Lipinski definition) is 5. The zero-order chi connectivity index (χ0) is 53.6. The van der Waals surface area contributed by atoms with Crippen molar-refractivity contribution in [2.45, 2.75) is 398 Å². The van der Waals surface area contributed by atoms with Gasteiger partial charge in [-0.25, -0.2) is 0 Å². The fourth-order valence-electron chi connectivity index (χ4n) is 10.9. The van der Waals surface area contributed by atoms with Crippen LogP contribution >= 0.6 is 0 Å². The highest BCUT2D eigenvalue weighted by atomic mass is 16.5. The molecule has 0 radical (unpaired) electrons. The minimum Gasteiger partial charge on any atom is -0.466 e. The number of aliphatic hydroxyl groups excluding tert-OH is 2. The molecule has 6 heteroatoms. The molecule has 0 bridgehead atoms. The zero-order valence-electron chi connectivity index (χ0n) is 50.4. The number of esters is 1. The standard InChI is InChI=1S/C68H133NO5/c1-3-5-7-9-11-13-15-17-18-30-34-38-42-46-50-54-58-62-68(73)74-63-59-55-51-47-43-39-35-32-29-27-25-23-21-19-20-22-24-26-28-31-33-37-41-45-49-53-57-61-67(72)69-65(64-70)66(71)60-56-52-48-44-40-36-16-14-12-10-8-6-4-2/h17-18,65-66,70-71H,3-16,19-64H2,1-2H3,(H,69,72)/b18-17-. The molecule has 0 saturated carbocycles. The van der Waals surface area contributed by atoms with Crippen LogP contribution < -0.4 is 5.32 Å². The van der Waals surface area contributed by atoms with Gasteiger partial charge in [-0.05, 0) is 51.4 Å². The predicted octanol–water partition coefficient (Wildman–Crippen LogP) is 21.6. The Bertz CT molecular complexity index is 1110. The maximum absolute atomic E-state index is 12.5. The third-order valence-electron chi connectivity index (χ3n) is 16.1. The molecule has 0 rings (SSSR count). The van der Waals surface area contributed by atoms with E-state index in [9.17, 15) is 19.8 Å². The fraction of sp³-hybridized carbons (Fsp3) is 0.941. The first-order valence-corrected chi connectivity index (χ1v) is 33.9. The van der Waals surface area contributed by atoms with Gasteiger partial charge in [0, 0.05) is 12.8 Å². The van der Waals surface area contributed by atoms with Gasteiger partial charge in [0.15, 0.2) is 0 Å². The Morgan fingerprint density at radius 3 is 0.959 bits per heavy atom. The molecule has 74 heavy (non-hydrogen) atoms. The van der Waals surface area contributed by atoms with Gasteiger partial charge in [-0.1, -0.05) is 334 Å². The van der Waals surface area contributed by atoms with E-state index in [0.29, 0.717) is 25.9 Å². The monoisotopic (exact) mass is 1040 g/mol. The summed E-state index contributed by atoms with van der Waals surface area (Å²) in [4.78, 5) is 24.6. The smallest absolute Gasteiger partial charge is 0.305 e. The SMILES string of the molecule is CCCCCCCC/C=C\CCCCCCCCCC(=O)OCCCCCCCCCCCCCCCCCCCCCCCCCCCCCC(=O)NC(CO)C(O)CCCCCCCCCCCCCCC. The number of carbonyl (C=O) groups excluding carboxylic acids is 2. The van der Waals surface area contributed by atoms with Crippen molar-refractivity contribution in [2.24, 2.45) is 0 Å². The van der Waals surface area contributed by atoms with Crippen molar-refractivity contribution >= 4 is 11.9 Å². The average Bonchev–Trinajstić information content (AvgIpc) is 3.40. The first-order chi connectivity index (χ1) is 36.5. The van der Waals surface area contributed by atoms with Crippen molar-refractivity contribution in [1.29, 1.82) is 0 Å². The van der Waals surface area contributed by atoms with E-state index in [1.807, 2.05) is 0 Å². The van der Waals surface area contributed by atoms with Gasteiger partial charge in [0.25, 0.3) is 0 Å². The van der Waals surface area contributed by atoms with E-state index in [1.54, 1.807) is 0 Å². The van der Waals surface area contributed by atoms with Gasteiger partial charge >= 0.3 is 5.97 Å². The van der Waals surface area contributed by atoms with Crippen LogP contribution in [0.25, 0.3) is 0 Å². The van der Waals surface area contributed by atoms with E-state index in [0.717, 1.165) is 44.9 Å². The number of amides is 1. The van der Waals surface area contributed by atoms with Crippen LogP contribution in [0.2, 0.25) is 0 Å². The summed E-state index contributed by atoms with van der Waals surface area (Å²) >= 11 is 0. The first kappa shape index (κ1) is 72.6. The molecule has 440 valence electrons. The van der Waals surface area contributed by atoms with Gasteiger partial charge in [0.1, 0.15) is 0 Å². The Hall–Kier alpha value is -1.40. The van der Waals surface area contributed by atoms with Crippen LogP contribution in [0, 0.1) is 0 Å². The molecule has 0 aromatic rings. The van der Waals surface area contributed by atoms with Crippen LogP contribution in [0.15, 0.2) is 12.2 Å². The summed E-state index contributed by atoms with van der Waals surface area (Å²) in [5.74, 6) is -0.0145. The number of aliphatic hydroxyl groups is 2. The van der Waals surface area contributed by atoms with Crippen molar-refractivity contribution in [3.05, 3.63) is 12.2 Å². The number of rotatable bonds is 64. The summed E-state index contributed by atoms with van der Waals surface area (Å²) in [7, 11) is 0. The predicted molar refractivity (Wildman–Crippen MR) is 324 cm³/mol. The van der Waals surface area contributed by atoms with Gasteiger partial charge in [-0.2, -0.15) is 0 Å². The van der Waals surface area contributed by atoms with Crippen LogP contribution in [-0.2, 0) is 14.3 Å². The molecule has 2 atom stereocenters. The Morgan fingerprint density at radius 1 is 0.365 bits per heavy atom. The number of carbonyl (C=O) groups is 2. The second-order valence-corrected chi connectivity index (χ2v) is 23.5. The zero-order valence-corrected chi connectivity index (χ0v) is 50.4. The van der Waals surface area contributed by atoms with Gasteiger partial charge in [0.05, 0.1) is 25.4 Å². The Balaban J connectivity index is 3.32. The van der Waals surface area contributed by atoms with Gasteiger partial charge in [-0.3, -0.25) is 9.59 Å². The molecule has 0 heterocycles. The third-order valence-corrected chi connectivity index (χ3v) is 16.1. The summed E-state index contributed by atoms with van der Waals surface area (Å²) in [5, 5.41) is 23.3. The molecule has 6 nitrogen and oxygen atoms in total. The lowest BCUT2D eigenvalue weighted by Gasteiger charge is -2.22. The van der Waals surface area contributed by atoms with Gasteiger partial charge in [0.2, 0.25) is 5.91 Å². The summed E-state index contributed by atoms with van der Waals surface area (Å²) in [5.41, 5.74) is 0.